The normalized spacial score (nSPS) is 17.0. The summed E-state index contributed by atoms with van der Waals surface area (Å²) < 4.78 is 19.0. The molecule has 0 radical (unpaired) electrons. The zero-order valence-electron chi connectivity index (χ0n) is 12.2. The number of hydrazine groups is 1. The van der Waals surface area contributed by atoms with Crippen molar-refractivity contribution in [3.63, 3.8) is 0 Å². The van der Waals surface area contributed by atoms with Gasteiger partial charge in [0.15, 0.2) is 0 Å². The zero-order chi connectivity index (χ0) is 16.2. The van der Waals surface area contributed by atoms with Crippen molar-refractivity contribution in [3.05, 3.63) is 47.1 Å². The van der Waals surface area contributed by atoms with Gasteiger partial charge >= 0.3 is 0 Å². The van der Waals surface area contributed by atoms with Crippen molar-refractivity contribution in [3.8, 4) is 10.4 Å². The van der Waals surface area contributed by atoms with E-state index in [2.05, 4.69) is 10.9 Å². The largest absolute Gasteiger partial charge is 0.368 e. The molecule has 0 saturated carbocycles. The van der Waals surface area contributed by atoms with E-state index in [0.717, 1.165) is 17.8 Å². The van der Waals surface area contributed by atoms with Gasteiger partial charge in [-0.05, 0) is 31.0 Å². The molecule has 1 saturated heterocycles. The third kappa shape index (κ3) is 3.57. The van der Waals surface area contributed by atoms with Crippen LogP contribution in [-0.4, -0.2) is 24.5 Å². The Morgan fingerprint density at radius 1 is 1.17 bits per heavy atom. The minimum atomic E-state index is -0.507. The summed E-state index contributed by atoms with van der Waals surface area (Å²) in [7, 11) is 0. The van der Waals surface area contributed by atoms with Crippen LogP contribution in [0.3, 0.4) is 0 Å². The molecule has 1 aromatic carbocycles. The Bertz CT molecular complexity index is 726. The lowest BCUT2D eigenvalue weighted by molar-refractivity contribution is -0.130. The molecular weight excluding hydrogens is 319 g/mol. The number of benzene rings is 1. The fourth-order valence-corrected chi connectivity index (χ4v) is 3.24. The summed E-state index contributed by atoms with van der Waals surface area (Å²) in [6, 6.07) is 9.65. The molecule has 2 heterocycles. The molecule has 1 aliphatic heterocycles. The predicted molar refractivity (Wildman–Crippen MR) is 84.3 cm³/mol. The summed E-state index contributed by atoms with van der Waals surface area (Å²) in [5.74, 6) is -1.14. The molecule has 1 atom stereocenters. The van der Waals surface area contributed by atoms with Gasteiger partial charge in [-0.25, -0.2) is 4.39 Å². The van der Waals surface area contributed by atoms with E-state index < -0.39 is 12.0 Å². The molecule has 1 fully saturated rings. The Morgan fingerprint density at radius 3 is 2.74 bits per heavy atom. The van der Waals surface area contributed by atoms with E-state index >= 15 is 0 Å². The van der Waals surface area contributed by atoms with Crippen molar-refractivity contribution in [1.29, 1.82) is 0 Å². The minimum absolute atomic E-state index is 0.340. The topological polar surface area (TPSA) is 67.4 Å². The van der Waals surface area contributed by atoms with E-state index in [-0.39, 0.29) is 11.7 Å². The van der Waals surface area contributed by atoms with E-state index in [1.165, 1.54) is 6.07 Å². The number of hydrogen-bond acceptors (Lipinski definition) is 4. The van der Waals surface area contributed by atoms with Gasteiger partial charge in [0, 0.05) is 17.0 Å². The van der Waals surface area contributed by atoms with Crippen molar-refractivity contribution >= 4 is 23.2 Å². The van der Waals surface area contributed by atoms with E-state index in [1.54, 1.807) is 30.3 Å². The van der Waals surface area contributed by atoms with Crippen LogP contribution in [0.15, 0.2) is 36.4 Å². The molecule has 2 N–H and O–H groups in total. The van der Waals surface area contributed by atoms with E-state index in [9.17, 15) is 14.0 Å². The molecule has 2 amide bonds. The van der Waals surface area contributed by atoms with Gasteiger partial charge in [-0.15, -0.1) is 11.3 Å². The third-order valence-electron chi connectivity index (χ3n) is 3.49. The molecule has 2 aromatic rings. The van der Waals surface area contributed by atoms with Gasteiger partial charge < -0.3 is 4.74 Å². The molecule has 1 unspecified atom stereocenters. The summed E-state index contributed by atoms with van der Waals surface area (Å²) >= 11 is 1.16. The molecule has 0 spiro atoms. The highest BCUT2D eigenvalue weighted by atomic mass is 32.1. The van der Waals surface area contributed by atoms with Crippen LogP contribution in [0.25, 0.3) is 10.4 Å². The van der Waals surface area contributed by atoms with Gasteiger partial charge in [0.05, 0.1) is 4.88 Å². The quantitative estimate of drug-likeness (QED) is 0.848. The first-order valence-electron chi connectivity index (χ1n) is 7.21. The van der Waals surface area contributed by atoms with Crippen LogP contribution in [0.1, 0.15) is 22.5 Å². The van der Waals surface area contributed by atoms with E-state index in [4.69, 9.17) is 4.74 Å². The fraction of sp³-hybridized carbons (Fsp3) is 0.250. The Morgan fingerprint density at radius 2 is 2.00 bits per heavy atom. The van der Waals surface area contributed by atoms with Gasteiger partial charge in [-0.1, -0.05) is 18.2 Å². The SMILES string of the molecule is O=C(NNC(=O)C1CCCO1)c1ccc(-c2ccccc2F)s1. The molecule has 1 aromatic heterocycles. The van der Waals surface area contributed by atoms with Crippen LogP contribution in [0.2, 0.25) is 0 Å². The Hall–Kier alpha value is -2.25. The maximum absolute atomic E-state index is 13.7. The van der Waals surface area contributed by atoms with Crippen molar-refractivity contribution in [2.45, 2.75) is 18.9 Å². The average Bonchev–Trinajstić information content (AvgIpc) is 3.24. The molecular formula is C16H15FN2O3S. The maximum Gasteiger partial charge on any atom is 0.279 e. The van der Waals surface area contributed by atoms with Crippen LogP contribution < -0.4 is 10.9 Å². The van der Waals surface area contributed by atoms with Gasteiger partial charge in [-0.3, -0.25) is 20.4 Å². The maximum atomic E-state index is 13.7. The minimum Gasteiger partial charge on any atom is -0.368 e. The summed E-state index contributed by atoms with van der Waals surface area (Å²) in [4.78, 5) is 24.8. The molecule has 0 bridgehead atoms. The molecule has 5 nitrogen and oxygen atoms in total. The van der Waals surface area contributed by atoms with Gasteiger partial charge in [0.2, 0.25) is 0 Å². The fourth-order valence-electron chi connectivity index (χ4n) is 2.31. The number of ether oxygens (including phenoxy) is 1. The Balaban J connectivity index is 1.62. The molecule has 3 rings (SSSR count). The number of halogens is 1. The third-order valence-corrected chi connectivity index (χ3v) is 4.61. The number of carbonyl (C=O) groups is 2. The lowest BCUT2D eigenvalue weighted by Gasteiger charge is -2.10. The summed E-state index contributed by atoms with van der Waals surface area (Å²) in [6.45, 7) is 0.558. The number of hydrogen-bond donors (Lipinski definition) is 2. The van der Waals surface area contributed by atoms with Gasteiger partial charge in [0.1, 0.15) is 11.9 Å². The molecule has 0 aliphatic carbocycles. The van der Waals surface area contributed by atoms with Crippen molar-refractivity contribution in [2.24, 2.45) is 0 Å². The molecule has 23 heavy (non-hydrogen) atoms. The second-order valence-corrected chi connectivity index (χ2v) is 6.17. The average molecular weight is 334 g/mol. The molecule has 120 valence electrons. The number of rotatable bonds is 3. The van der Waals surface area contributed by atoms with Crippen LogP contribution in [-0.2, 0) is 9.53 Å². The van der Waals surface area contributed by atoms with Gasteiger partial charge in [-0.2, -0.15) is 0 Å². The standard InChI is InChI=1S/C16H15FN2O3S/c17-11-5-2-1-4-10(11)13-7-8-14(23-13)16(21)19-18-15(20)12-6-3-9-22-12/h1-2,4-5,7-8,12H,3,6,9H2,(H,18,20)(H,19,21). The van der Waals surface area contributed by atoms with Gasteiger partial charge in [0.25, 0.3) is 11.8 Å². The summed E-state index contributed by atoms with van der Waals surface area (Å²) in [5.41, 5.74) is 5.15. The van der Waals surface area contributed by atoms with Crippen molar-refractivity contribution < 1.29 is 18.7 Å². The van der Waals surface area contributed by atoms with Crippen molar-refractivity contribution in [2.75, 3.05) is 6.61 Å². The smallest absolute Gasteiger partial charge is 0.279 e. The van der Waals surface area contributed by atoms with Crippen molar-refractivity contribution in [1.82, 2.24) is 10.9 Å². The Kier molecular flexibility index (Phi) is 4.68. The van der Waals surface area contributed by atoms with Crippen LogP contribution in [0.5, 0.6) is 0 Å². The molecule has 7 heteroatoms. The Labute approximate surface area is 136 Å². The van der Waals surface area contributed by atoms with Crippen LogP contribution >= 0.6 is 11.3 Å². The second kappa shape index (κ2) is 6.89. The highest BCUT2D eigenvalue weighted by Crippen LogP contribution is 2.29. The highest BCUT2D eigenvalue weighted by Gasteiger charge is 2.24. The van der Waals surface area contributed by atoms with Crippen LogP contribution in [0.4, 0.5) is 4.39 Å². The second-order valence-electron chi connectivity index (χ2n) is 5.09. The highest BCUT2D eigenvalue weighted by molar-refractivity contribution is 7.17. The summed E-state index contributed by atoms with van der Waals surface area (Å²) in [5, 5.41) is 0. The lowest BCUT2D eigenvalue weighted by atomic mass is 10.2. The zero-order valence-corrected chi connectivity index (χ0v) is 13.0. The number of carbonyl (C=O) groups excluding carboxylic acids is 2. The first kappa shape index (κ1) is 15.6. The first-order chi connectivity index (χ1) is 11.1. The van der Waals surface area contributed by atoms with E-state index in [0.29, 0.717) is 28.3 Å². The van der Waals surface area contributed by atoms with Crippen LogP contribution in [0, 0.1) is 5.82 Å². The monoisotopic (exact) mass is 334 g/mol. The summed E-state index contributed by atoms with van der Waals surface area (Å²) in [6.07, 6.45) is 0.980. The van der Waals surface area contributed by atoms with E-state index in [1.807, 2.05) is 0 Å². The number of thiophene rings is 1. The number of amides is 2. The molecule has 1 aliphatic rings. The first-order valence-corrected chi connectivity index (χ1v) is 8.03. The number of nitrogens with one attached hydrogen (secondary N) is 2. The predicted octanol–water partition coefficient (Wildman–Crippen LogP) is 2.49. The lowest BCUT2D eigenvalue weighted by Crippen LogP contribution is -2.46.